The first-order chi connectivity index (χ1) is 7.93. The van der Waals surface area contributed by atoms with Crippen LogP contribution in [0.2, 0.25) is 0 Å². The van der Waals surface area contributed by atoms with E-state index in [1.54, 1.807) is 7.05 Å². The molecule has 0 radical (unpaired) electrons. The normalized spacial score (nSPS) is 20.5. The molecule has 0 amide bonds. The number of hydrogen-bond donors (Lipinski definition) is 0. The Morgan fingerprint density at radius 2 is 2.00 bits per heavy atom. The van der Waals surface area contributed by atoms with Gasteiger partial charge in [-0.15, -0.1) is 0 Å². The van der Waals surface area contributed by atoms with E-state index < -0.39 is 10.2 Å². The number of halogens is 1. The molecular weight excluding hydrogens is 304 g/mol. The molecule has 0 aromatic heterocycles. The molecular formula is C11H15BrN2O2S. The third-order valence-electron chi connectivity index (χ3n) is 2.94. The molecule has 0 atom stereocenters. The van der Waals surface area contributed by atoms with E-state index in [1.807, 2.05) is 25.1 Å². The Balaban J connectivity index is 2.42. The van der Waals surface area contributed by atoms with Crippen molar-refractivity contribution < 1.29 is 8.42 Å². The molecule has 1 saturated heterocycles. The number of nitrogens with zero attached hydrogens (tertiary/aromatic N) is 2. The molecule has 1 fully saturated rings. The van der Waals surface area contributed by atoms with Crippen molar-refractivity contribution in [2.24, 2.45) is 0 Å². The van der Waals surface area contributed by atoms with Crippen LogP contribution in [0.15, 0.2) is 22.7 Å². The zero-order chi connectivity index (χ0) is 12.6. The molecule has 0 aliphatic carbocycles. The van der Waals surface area contributed by atoms with E-state index in [2.05, 4.69) is 15.9 Å². The first kappa shape index (κ1) is 12.9. The Hall–Kier alpha value is -0.590. The predicted molar refractivity (Wildman–Crippen MR) is 72.4 cm³/mol. The third-order valence-corrected chi connectivity index (χ3v) is 5.75. The van der Waals surface area contributed by atoms with Crippen molar-refractivity contribution in [1.82, 2.24) is 4.31 Å². The van der Waals surface area contributed by atoms with E-state index in [0.29, 0.717) is 13.1 Å². The maximum atomic E-state index is 12.1. The average molecular weight is 319 g/mol. The molecule has 2 rings (SSSR count). The monoisotopic (exact) mass is 318 g/mol. The summed E-state index contributed by atoms with van der Waals surface area (Å²) in [6, 6.07) is 5.60. The molecule has 94 valence electrons. The molecule has 0 unspecified atom stereocenters. The molecule has 1 aliphatic rings. The SMILES string of the molecule is Cc1cc(N2CCCN(C)S2(=O)=O)ccc1Br. The fourth-order valence-corrected chi connectivity index (χ4v) is 3.57. The van der Waals surface area contributed by atoms with Gasteiger partial charge in [0.05, 0.1) is 5.69 Å². The third kappa shape index (κ3) is 2.34. The molecule has 6 heteroatoms. The lowest BCUT2D eigenvalue weighted by atomic mass is 10.2. The van der Waals surface area contributed by atoms with Gasteiger partial charge in [0.15, 0.2) is 0 Å². The topological polar surface area (TPSA) is 40.6 Å². The summed E-state index contributed by atoms with van der Waals surface area (Å²) in [5.41, 5.74) is 1.77. The lowest BCUT2D eigenvalue weighted by Gasteiger charge is -2.34. The Labute approximate surface area is 111 Å². The predicted octanol–water partition coefficient (Wildman–Crippen LogP) is 2.14. The van der Waals surface area contributed by atoms with Crippen molar-refractivity contribution >= 4 is 31.8 Å². The summed E-state index contributed by atoms with van der Waals surface area (Å²) in [7, 11) is -1.72. The van der Waals surface area contributed by atoms with Gasteiger partial charge in [0.1, 0.15) is 0 Å². The molecule has 0 spiro atoms. The van der Waals surface area contributed by atoms with Gasteiger partial charge in [0.2, 0.25) is 0 Å². The van der Waals surface area contributed by atoms with Crippen LogP contribution in [0, 0.1) is 6.92 Å². The van der Waals surface area contributed by atoms with Crippen LogP contribution in [0.3, 0.4) is 0 Å². The summed E-state index contributed by atoms with van der Waals surface area (Å²) >= 11 is 3.42. The summed E-state index contributed by atoms with van der Waals surface area (Å²) < 4.78 is 28.2. The largest absolute Gasteiger partial charge is 0.303 e. The van der Waals surface area contributed by atoms with E-state index in [-0.39, 0.29) is 0 Å². The van der Waals surface area contributed by atoms with Gasteiger partial charge in [-0.1, -0.05) is 15.9 Å². The van der Waals surface area contributed by atoms with E-state index >= 15 is 0 Å². The number of aryl methyl sites for hydroxylation is 1. The Kier molecular flexibility index (Phi) is 3.47. The highest BCUT2D eigenvalue weighted by Gasteiger charge is 2.30. The highest BCUT2D eigenvalue weighted by Crippen LogP contribution is 2.27. The van der Waals surface area contributed by atoms with Gasteiger partial charge >= 0.3 is 10.2 Å². The first-order valence-electron chi connectivity index (χ1n) is 5.43. The average Bonchev–Trinajstić information content (AvgIpc) is 2.26. The van der Waals surface area contributed by atoms with Crippen LogP contribution in [0.4, 0.5) is 5.69 Å². The van der Waals surface area contributed by atoms with Gasteiger partial charge in [-0.3, -0.25) is 4.31 Å². The summed E-state index contributed by atoms with van der Waals surface area (Å²) in [6.07, 6.45) is 0.852. The second kappa shape index (κ2) is 4.59. The fourth-order valence-electron chi connectivity index (χ4n) is 1.88. The smallest absolute Gasteiger partial charge is 0.258 e. The van der Waals surface area contributed by atoms with Crippen LogP contribution in [-0.2, 0) is 10.2 Å². The molecule has 0 N–H and O–H groups in total. The molecule has 1 aliphatic heterocycles. The van der Waals surface area contributed by atoms with Crippen LogP contribution in [0.25, 0.3) is 0 Å². The summed E-state index contributed by atoms with van der Waals surface area (Å²) in [5, 5.41) is 0. The quantitative estimate of drug-likeness (QED) is 0.796. The van der Waals surface area contributed by atoms with Crippen molar-refractivity contribution in [3.05, 3.63) is 28.2 Å². The molecule has 1 heterocycles. The highest BCUT2D eigenvalue weighted by atomic mass is 79.9. The second-order valence-electron chi connectivity index (χ2n) is 4.19. The van der Waals surface area contributed by atoms with Gasteiger partial charge in [0.25, 0.3) is 0 Å². The van der Waals surface area contributed by atoms with E-state index in [0.717, 1.165) is 22.1 Å². The Bertz CT molecular complexity index is 530. The second-order valence-corrected chi connectivity index (χ2v) is 7.00. The van der Waals surface area contributed by atoms with Crippen LogP contribution in [0.1, 0.15) is 12.0 Å². The van der Waals surface area contributed by atoms with Crippen molar-refractivity contribution in [2.75, 3.05) is 24.4 Å². The summed E-state index contributed by atoms with van der Waals surface area (Å²) in [5.74, 6) is 0. The summed E-state index contributed by atoms with van der Waals surface area (Å²) in [4.78, 5) is 0. The van der Waals surface area contributed by atoms with E-state index in [9.17, 15) is 8.42 Å². The number of hydrogen-bond acceptors (Lipinski definition) is 2. The Morgan fingerprint density at radius 1 is 1.29 bits per heavy atom. The molecule has 0 saturated carbocycles. The molecule has 1 aromatic carbocycles. The zero-order valence-electron chi connectivity index (χ0n) is 9.85. The molecule has 17 heavy (non-hydrogen) atoms. The number of benzene rings is 1. The minimum Gasteiger partial charge on any atom is -0.258 e. The van der Waals surface area contributed by atoms with Crippen molar-refractivity contribution in [2.45, 2.75) is 13.3 Å². The van der Waals surface area contributed by atoms with Gasteiger partial charge < -0.3 is 0 Å². The molecule has 1 aromatic rings. The fraction of sp³-hybridized carbons (Fsp3) is 0.455. The van der Waals surface area contributed by atoms with Gasteiger partial charge in [-0.2, -0.15) is 12.7 Å². The van der Waals surface area contributed by atoms with Crippen LogP contribution >= 0.6 is 15.9 Å². The van der Waals surface area contributed by atoms with E-state index in [1.165, 1.54) is 8.61 Å². The van der Waals surface area contributed by atoms with Crippen LogP contribution < -0.4 is 4.31 Å². The minimum absolute atomic E-state index is 0.549. The maximum absolute atomic E-state index is 12.1. The Morgan fingerprint density at radius 3 is 2.65 bits per heavy atom. The lowest BCUT2D eigenvalue weighted by Crippen LogP contribution is -2.47. The van der Waals surface area contributed by atoms with Crippen LogP contribution in [0.5, 0.6) is 0 Å². The van der Waals surface area contributed by atoms with Crippen LogP contribution in [-0.4, -0.2) is 32.9 Å². The van der Waals surface area contributed by atoms with Gasteiger partial charge in [-0.25, -0.2) is 0 Å². The standard InChI is InChI=1S/C11H15BrN2O2S/c1-9-8-10(4-5-11(9)12)14-7-3-6-13(2)17(14,15)16/h4-5,8H,3,6-7H2,1-2H3. The molecule has 0 bridgehead atoms. The zero-order valence-corrected chi connectivity index (χ0v) is 12.3. The van der Waals surface area contributed by atoms with Crippen molar-refractivity contribution in [3.63, 3.8) is 0 Å². The molecule has 4 nitrogen and oxygen atoms in total. The summed E-state index contributed by atoms with van der Waals surface area (Å²) in [6.45, 7) is 3.09. The van der Waals surface area contributed by atoms with Crippen molar-refractivity contribution in [3.8, 4) is 0 Å². The highest BCUT2D eigenvalue weighted by molar-refractivity contribution is 9.10. The lowest BCUT2D eigenvalue weighted by molar-refractivity contribution is 0.438. The minimum atomic E-state index is -3.33. The van der Waals surface area contributed by atoms with Gasteiger partial charge in [0, 0.05) is 24.6 Å². The van der Waals surface area contributed by atoms with E-state index in [4.69, 9.17) is 0 Å². The van der Waals surface area contributed by atoms with Crippen molar-refractivity contribution in [1.29, 1.82) is 0 Å². The maximum Gasteiger partial charge on any atom is 0.303 e. The van der Waals surface area contributed by atoms with Gasteiger partial charge in [-0.05, 0) is 37.1 Å². The first-order valence-corrected chi connectivity index (χ1v) is 7.62. The number of anilines is 1. The number of rotatable bonds is 1.